The van der Waals surface area contributed by atoms with Crippen molar-refractivity contribution in [2.45, 2.75) is 6.23 Å². The number of nitrogens with one attached hydrogen (secondary N) is 1. The minimum absolute atomic E-state index is 0.225. The predicted molar refractivity (Wildman–Crippen MR) is 45.3 cm³/mol. The van der Waals surface area contributed by atoms with Gasteiger partial charge < -0.3 is 14.8 Å². The Hall–Kier alpha value is -1.47. The van der Waals surface area contributed by atoms with Crippen LogP contribution in [0.1, 0.15) is 0 Å². The van der Waals surface area contributed by atoms with Crippen molar-refractivity contribution in [3.05, 3.63) is 12.0 Å². The fourth-order valence-electron chi connectivity index (χ4n) is 0.787. The van der Waals surface area contributed by atoms with E-state index in [1.54, 1.807) is 13.3 Å². The lowest BCUT2D eigenvalue weighted by Crippen LogP contribution is -2.23. The highest BCUT2D eigenvalue weighted by atomic mass is 16.5. The van der Waals surface area contributed by atoms with E-state index in [1.807, 2.05) is 0 Å². The molecular weight excluding hydrogens is 156 g/mol. The van der Waals surface area contributed by atoms with E-state index in [0.29, 0.717) is 5.76 Å². The fourth-order valence-corrected chi connectivity index (χ4v) is 0.787. The van der Waals surface area contributed by atoms with Gasteiger partial charge in [-0.25, -0.2) is 4.99 Å². The first kappa shape index (κ1) is 8.62. The van der Waals surface area contributed by atoms with Crippen molar-refractivity contribution in [1.29, 1.82) is 0 Å². The Morgan fingerprint density at radius 1 is 1.83 bits per heavy atom. The van der Waals surface area contributed by atoms with Crippen molar-refractivity contribution < 1.29 is 9.47 Å². The summed E-state index contributed by atoms with van der Waals surface area (Å²) in [5, 5.41) is 2.78. The van der Waals surface area contributed by atoms with Gasteiger partial charge in [0.25, 0.3) is 0 Å². The number of terminal acetylenes is 1. The molecule has 0 fully saturated rings. The lowest BCUT2D eigenvalue weighted by Gasteiger charge is -2.17. The van der Waals surface area contributed by atoms with Crippen molar-refractivity contribution in [1.82, 2.24) is 5.32 Å². The zero-order chi connectivity index (χ0) is 8.81. The first-order valence-electron chi connectivity index (χ1n) is 3.45. The van der Waals surface area contributed by atoms with Crippen LogP contribution < -0.4 is 5.32 Å². The second-order valence-corrected chi connectivity index (χ2v) is 2.06. The maximum atomic E-state index is 5.17. The predicted octanol–water partition coefficient (Wildman–Crippen LogP) is 0.0816. The van der Waals surface area contributed by atoms with Crippen LogP contribution in [-0.2, 0) is 9.47 Å². The summed E-state index contributed by atoms with van der Waals surface area (Å²) >= 11 is 0. The van der Waals surface area contributed by atoms with E-state index in [-0.39, 0.29) is 6.61 Å². The van der Waals surface area contributed by atoms with Crippen molar-refractivity contribution >= 4 is 6.34 Å². The summed E-state index contributed by atoms with van der Waals surface area (Å²) in [6.07, 6.45) is 7.83. The zero-order valence-electron chi connectivity index (χ0n) is 6.78. The van der Waals surface area contributed by atoms with Crippen molar-refractivity contribution in [3.63, 3.8) is 0 Å². The summed E-state index contributed by atoms with van der Waals surface area (Å²) in [5.74, 6) is 2.98. The van der Waals surface area contributed by atoms with Gasteiger partial charge in [-0.1, -0.05) is 5.92 Å². The molecule has 0 spiro atoms. The van der Waals surface area contributed by atoms with Gasteiger partial charge in [0.1, 0.15) is 6.61 Å². The lowest BCUT2D eigenvalue weighted by molar-refractivity contribution is 0.0635. The number of hydrogen-bond donors (Lipinski definition) is 1. The van der Waals surface area contributed by atoms with E-state index in [0.717, 1.165) is 0 Å². The molecule has 4 heteroatoms. The molecule has 0 amide bonds. The van der Waals surface area contributed by atoms with Crippen molar-refractivity contribution in [3.8, 4) is 12.3 Å². The first-order valence-corrected chi connectivity index (χ1v) is 3.45. The molecule has 0 saturated heterocycles. The Morgan fingerprint density at radius 2 is 2.67 bits per heavy atom. The molecule has 0 aromatic rings. The summed E-state index contributed by atoms with van der Waals surface area (Å²) in [7, 11) is 1.56. The molecule has 1 rings (SSSR count). The molecule has 1 N–H and O–H groups in total. The molecule has 64 valence electrons. The molecule has 1 atom stereocenters. The highest BCUT2D eigenvalue weighted by Crippen LogP contribution is 2.09. The maximum Gasteiger partial charge on any atom is 0.210 e. The third-order valence-corrected chi connectivity index (χ3v) is 1.31. The van der Waals surface area contributed by atoms with Gasteiger partial charge in [-0.05, 0) is 0 Å². The number of hydrogen-bond acceptors (Lipinski definition) is 4. The standard InChI is InChI=1S/C8H10N2O2/c1-3-4-12-8-7(11-2)5-9-6-10-8/h1,5-6,8H,4H2,2H3,(H,9,10). The van der Waals surface area contributed by atoms with Crippen LogP contribution in [0.3, 0.4) is 0 Å². The lowest BCUT2D eigenvalue weighted by atomic mass is 10.4. The van der Waals surface area contributed by atoms with E-state index in [4.69, 9.17) is 15.9 Å². The van der Waals surface area contributed by atoms with Crippen LogP contribution in [0.25, 0.3) is 0 Å². The Morgan fingerprint density at radius 3 is 3.33 bits per heavy atom. The number of rotatable bonds is 3. The third kappa shape index (κ3) is 2.01. The summed E-state index contributed by atoms with van der Waals surface area (Å²) < 4.78 is 10.2. The summed E-state index contributed by atoms with van der Waals surface area (Å²) in [6, 6.07) is 0. The van der Waals surface area contributed by atoms with Gasteiger partial charge in [0.05, 0.1) is 13.4 Å². The highest BCUT2D eigenvalue weighted by Gasteiger charge is 2.15. The molecule has 0 radical (unpaired) electrons. The molecule has 1 heterocycles. The fraction of sp³-hybridized carbons (Fsp3) is 0.375. The van der Waals surface area contributed by atoms with Gasteiger partial charge in [-0.2, -0.15) is 0 Å². The van der Waals surface area contributed by atoms with Gasteiger partial charge in [0.2, 0.25) is 6.23 Å². The minimum Gasteiger partial charge on any atom is -0.495 e. The molecule has 1 unspecified atom stereocenters. The Labute approximate surface area is 71.3 Å². The zero-order valence-corrected chi connectivity index (χ0v) is 6.78. The molecule has 0 bridgehead atoms. The second-order valence-electron chi connectivity index (χ2n) is 2.06. The maximum absolute atomic E-state index is 5.17. The summed E-state index contributed by atoms with van der Waals surface area (Å²) in [4.78, 5) is 3.97. The van der Waals surface area contributed by atoms with E-state index in [9.17, 15) is 0 Å². The molecular formula is C8H10N2O2. The average Bonchev–Trinajstić information content (AvgIpc) is 2.15. The Bertz CT molecular complexity index is 240. The molecule has 1 aliphatic rings. The van der Waals surface area contributed by atoms with E-state index in [1.165, 1.54) is 6.34 Å². The number of ether oxygens (including phenoxy) is 2. The summed E-state index contributed by atoms with van der Waals surface area (Å²) in [6.45, 7) is 0.225. The van der Waals surface area contributed by atoms with Gasteiger partial charge >= 0.3 is 0 Å². The molecule has 12 heavy (non-hydrogen) atoms. The molecule has 0 aromatic carbocycles. The number of aliphatic imine (C=N–C) groups is 1. The largest absolute Gasteiger partial charge is 0.495 e. The van der Waals surface area contributed by atoms with E-state index >= 15 is 0 Å². The average molecular weight is 166 g/mol. The van der Waals surface area contributed by atoms with Crippen molar-refractivity contribution in [2.24, 2.45) is 4.99 Å². The number of methoxy groups -OCH3 is 1. The van der Waals surface area contributed by atoms with Gasteiger partial charge in [0.15, 0.2) is 5.76 Å². The van der Waals surface area contributed by atoms with Gasteiger partial charge in [-0.3, -0.25) is 0 Å². The van der Waals surface area contributed by atoms with Gasteiger partial charge in [-0.15, -0.1) is 6.42 Å². The third-order valence-electron chi connectivity index (χ3n) is 1.31. The first-order chi connectivity index (χ1) is 5.88. The van der Waals surface area contributed by atoms with Crippen molar-refractivity contribution in [2.75, 3.05) is 13.7 Å². The molecule has 1 aliphatic heterocycles. The van der Waals surface area contributed by atoms with Crippen LogP contribution in [0.5, 0.6) is 0 Å². The van der Waals surface area contributed by atoms with Crippen LogP contribution in [-0.4, -0.2) is 26.3 Å². The SMILES string of the molecule is C#CCOC1N=CNC=C1OC. The quantitative estimate of drug-likeness (QED) is 0.604. The topological polar surface area (TPSA) is 42.8 Å². The molecule has 0 aliphatic carbocycles. The van der Waals surface area contributed by atoms with Crippen LogP contribution in [0.4, 0.5) is 0 Å². The highest BCUT2D eigenvalue weighted by molar-refractivity contribution is 5.58. The normalized spacial score (nSPS) is 20.7. The van der Waals surface area contributed by atoms with Crippen LogP contribution in [0.15, 0.2) is 17.0 Å². The smallest absolute Gasteiger partial charge is 0.210 e. The second kappa shape index (κ2) is 4.42. The molecule has 0 aromatic heterocycles. The van der Waals surface area contributed by atoms with Crippen LogP contribution >= 0.6 is 0 Å². The van der Waals surface area contributed by atoms with Gasteiger partial charge in [0, 0.05) is 6.20 Å². The van der Waals surface area contributed by atoms with E-state index < -0.39 is 6.23 Å². The van der Waals surface area contributed by atoms with Crippen LogP contribution in [0.2, 0.25) is 0 Å². The minimum atomic E-state index is -0.410. The summed E-state index contributed by atoms with van der Waals surface area (Å²) in [5.41, 5.74) is 0. The monoisotopic (exact) mass is 166 g/mol. The Kier molecular flexibility index (Phi) is 3.17. The van der Waals surface area contributed by atoms with E-state index in [2.05, 4.69) is 16.2 Å². The Balaban J connectivity index is 2.50. The molecule has 0 saturated carbocycles. The molecule has 4 nitrogen and oxygen atoms in total. The van der Waals surface area contributed by atoms with Crippen LogP contribution in [0, 0.1) is 12.3 Å². The number of nitrogens with zero attached hydrogens (tertiary/aromatic N) is 1.